The minimum absolute atomic E-state index is 0.00662. The highest BCUT2D eigenvalue weighted by Gasteiger charge is 2.45. The van der Waals surface area contributed by atoms with Crippen LogP contribution in [0.3, 0.4) is 0 Å². The molecule has 1 aromatic heterocycles. The molecule has 0 aliphatic carbocycles. The average Bonchev–Trinajstić information content (AvgIpc) is 2.79. The summed E-state index contributed by atoms with van der Waals surface area (Å²) >= 11 is 0. The normalized spacial score (nSPS) is 32.8. The van der Waals surface area contributed by atoms with Crippen molar-refractivity contribution in [2.45, 2.75) is 44.8 Å². The molecule has 16 heavy (non-hydrogen) atoms. The molecule has 0 bridgehead atoms. The van der Waals surface area contributed by atoms with E-state index in [1.165, 1.54) is 5.69 Å². The van der Waals surface area contributed by atoms with Crippen molar-refractivity contribution in [3.05, 3.63) is 24.0 Å². The summed E-state index contributed by atoms with van der Waals surface area (Å²) in [6.45, 7) is 3.13. The first-order valence-electron chi connectivity index (χ1n) is 6.16. The summed E-state index contributed by atoms with van der Waals surface area (Å²) in [5.41, 5.74) is 1.29. The Labute approximate surface area is 95.4 Å². The van der Waals surface area contributed by atoms with Gasteiger partial charge in [-0.1, -0.05) is 6.92 Å². The van der Waals surface area contributed by atoms with Crippen molar-refractivity contribution in [1.29, 1.82) is 0 Å². The highest BCUT2D eigenvalue weighted by atomic mass is 16.6. The fourth-order valence-corrected chi connectivity index (χ4v) is 3.17. The quantitative estimate of drug-likeness (QED) is 0.679. The Hall–Kier alpha value is -1.25. The van der Waals surface area contributed by atoms with Crippen LogP contribution >= 0.6 is 0 Å². The monoisotopic (exact) mass is 219 g/mol. The third-order valence-corrected chi connectivity index (χ3v) is 3.94. The fraction of sp³-hybridized carbons (Fsp3) is 0.615. The zero-order valence-electron chi connectivity index (χ0n) is 9.56. The molecule has 3 rings (SSSR count). The largest absolute Gasteiger partial charge is 0.461 e. The van der Waals surface area contributed by atoms with Gasteiger partial charge in [-0.25, -0.2) is 0 Å². The first kappa shape index (κ1) is 9.94. The maximum Gasteiger partial charge on any atom is 0.310 e. The van der Waals surface area contributed by atoms with E-state index < -0.39 is 0 Å². The molecule has 0 unspecified atom stereocenters. The lowest BCUT2D eigenvalue weighted by atomic mass is 9.85. The van der Waals surface area contributed by atoms with Crippen LogP contribution in [0.2, 0.25) is 0 Å². The number of esters is 1. The van der Waals surface area contributed by atoms with Gasteiger partial charge in [0, 0.05) is 24.4 Å². The zero-order chi connectivity index (χ0) is 11.1. The summed E-state index contributed by atoms with van der Waals surface area (Å²) in [5.74, 6) is 0.360. The van der Waals surface area contributed by atoms with E-state index in [1.807, 2.05) is 0 Å². The van der Waals surface area contributed by atoms with Gasteiger partial charge in [-0.2, -0.15) is 0 Å². The molecule has 3 heteroatoms. The van der Waals surface area contributed by atoms with Crippen molar-refractivity contribution in [1.82, 2.24) is 4.57 Å². The van der Waals surface area contributed by atoms with E-state index in [-0.39, 0.29) is 23.9 Å². The van der Waals surface area contributed by atoms with E-state index in [0.29, 0.717) is 0 Å². The third-order valence-electron chi connectivity index (χ3n) is 3.94. The van der Waals surface area contributed by atoms with Crippen molar-refractivity contribution in [3.8, 4) is 0 Å². The topological polar surface area (TPSA) is 31.2 Å². The molecule has 0 N–H and O–H groups in total. The molecule has 86 valence electrons. The van der Waals surface area contributed by atoms with Gasteiger partial charge in [0.15, 0.2) is 0 Å². The SMILES string of the molecule is CC[C@@H]1C(=O)O[C@@H]2CCCn3cccc3[C@@H]12. The second kappa shape index (κ2) is 3.65. The second-order valence-corrected chi connectivity index (χ2v) is 4.78. The van der Waals surface area contributed by atoms with Gasteiger partial charge in [0.05, 0.1) is 5.92 Å². The van der Waals surface area contributed by atoms with Gasteiger partial charge in [-0.3, -0.25) is 4.79 Å². The number of aromatic nitrogens is 1. The maximum atomic E-state index is 11.8. The van der Waals surface area contributed by atoms with Crippen LogP contribution in [0.4, 0.5) is 0 Å². The first-order valence-corrected chi connectivity index (χ1v) is 6.16. The summed E-state index contributed by atoms with van der Waals surface area (Å²) in [5, 5.41) is 0. The predicted molar refractivity (Wildman–Crippen MR) is 60.1 cm³/mol. The molecule has 0 amide bonds. The van der Waals surface area contributed by atoms with Crippen molar-refractivity contribution < 1.29 is 9.53 Å². The number of rotatable bonds is 1. The van der Waals surface area contributed by atoms with Crippen LogP contribution in [0.5, 0.6) is 0 Å². The van der Waals surface area contributed by atoms with E-state index >= 15 is 0 Å². The lowest BCUT2D eigenvalue weighted by Gasteiger charge is -2.18. The zero-order valence-corrected chi connectivity index (χ0v) is 9.56. The van der Waals surface area contributed by atoms with Crippen LogP contribution in [0.15, 0.2) is 18.3 Å². The van der Waals surface area contributed by atoms with Crippen LogP contribution in [-0.4, -0.2) is 16.6 Å². The lowest BCUT2D eigenvalue weighted by molar-refractivity contribution is -0.144. The van der Waals surface area contributed by atoms with Gasteiger partial charge in [-0.15, -0.1) is 0 Å². The second-order valence-electron chi connectivity index (χ2n) is 4.78. The summed E-state index contributed by atoms with van der Waals surface area (Å²) in [4.78, 5) is 11.8. The molecule has 1 fully saturated rings. The van der Waals surface area contributed by atoms with Crippen LogP contribution < -0.4 is 0 Å². The molecule has 0 saturated carbocycles. The number of ether oxygens (including phenoxy) is 1. The Balaban J connectivity index is 2.04. The summed E-state index contributed by atoms with van der Waals surface area (Å²) in [7, 11) is 0. The number of fused-ring (bicyclic) bond motifs is 3. The lowest BCUT2D eigenvalue weighted by Crippen LogP contribution is -2.18. The Morgan fingerprint density at radius 3 is 3.25 bits per heavy atom. The van der Waals surface area contributed by atoms with E-state index in [9.17, 15) is 4.79 Å². The molecular formula is C13H17NO2. The van der Waals surface area contributed by atoms with Crippen LogP contribution in [0.1, 0.15) is 37.8 Å². The Bertz CT molecular complexity index is 410. The summed E-state index contributed by atoms with van der Waals surface area (Å²) < 4.78 is 7.81. The van der Waals surface area contributed by atoms with E-state index in [1.54, 1.807) is 0 Å². The molecule has 0 radical (unpaired) electrons. The maximum absolute atomic E-state index is 11.8. The van der Waals surface area contributed by atoms with Gasteiger partial charge >= 0.3 is 5.97 Å². The van der Waals surface area contributed by atoms with Crippen molar-refractivity contribution >= 4 is 5.97 Å². The molecular weight excluding hydrogens is 202 g/mol. The number of hydrogen-bond donors (Lipinski definition) is 0. The standard InChI is InChI=1S/C13H17NO2/c1-2-9-12-10-5-3-7-14(10)8-4-6-11(12)16-13(9)15/h3,5,7,9,11-12H,2,4,6,8H2,1H3/t9-,11+,12+/m0/s1. The molecule has 3 nitrogen and oxygen atoms in total. The fourth-order valence-electron chi connectivity index (χ4n) is 3.17. The number of aryl methyl sites for hydroxylation is 1. The summed E-state index contributed by atoms with van der Waals surface area (Å²) in [6, 6.07) is 4.22. The van der Waals surface area contributed by atoms with Crippen molar-refractivity contribution in [3.63, 3.8) is 0 Å². The Morgan fingerprint density at radius 2 is 2.44 bits per heavy atom. The minimum Gasteiger partial charge on any atom is -0.461 e. The van der Waals surface area contributed by atoms with E-state index in [2.05, 4.69) is 29.8 Å². The van der Waals surface area contributed by atoms with Gasteiger partial charge in [0.2, 0.25) is 0 Å². The van der Waals surface area contributed by atoms with Crippen molar-refractivity contribution in [2.24, 2.45) is 5.92 Å². The number of carbonyl (C=O) groups excluding carboxylic acids is 1. The highest BCUT2D eigenvalue weighted by molar-refractivity contribution is 5.76. The summed E-state index contributed by atoms with van der Waals surface area (Å²) in [6.07, 6.45) is 5.23. The molecule has 0 spiro atoms. The molecule has 1 aromatic rings. The van der Waals surface area contributed by atoms with Crippen LogP contribution in [0, 0.1) is 5.92 Å². The molecule has 3 atom stereocenters. The number of hydrogen-bond acceptors (Lipinski definition) is 2. The molecule has 1 saturated heterocycles. The number of nitrogens with zero attached hydrogens (tertiary/aromatic N) is 1. The Morgan fingerprint density at radius 1 is 1.56 bits per heavy atom. The third kappa shape index (κ3) is 1.30. The first-order chi connectivity index (χ1) is 7.81. The molecule has 0 aromatic carbocycles. The van der Waals surface area contributed by atoms with Gasteiger partial charge in [0.25, 0.3) is 0 Å². The number of carbonyl (C=O) groups is 1. The Kier molecular flexibility index (Phi) is 2.27. The smallest absolute Gasteiger partial charge is 0.310 e. The van der Waals surface area contributed by atoms with Crippen LogP contribution in [-0.2, 0) is 16.1 Å². The van der Waals surface area contributed by atoms with E-state index in [4.69, 9.17) is 4.74 Å². The molecule has 2 aliphatic heterocycles. The van der Waals surface area contributed by atoms with Crippen LogP contribution in [0.25, 0.3) is 0 Å². The average molecular weight is 219 g/mol. The minimum atomic E-state index is 0.00662. The van der Waals surface area contributed by atoms with Gasteiger partial charge in [-0.05, 0) is 31.4 Å². The van der Waals surface area contributed by atoms with Gasteiger partial charge in [0.1, 0.15) is 6.10 Å². The molecule has 3 heterocycles. The van der Waals surface area contributed by atoms with Crippen molar-refractivity contribution in [2.75, 3.05) is 0 Å². The van der Waals surface area contributed by atoms with E-state index in [0.717, 1.165) is 25.8 Å². The predicted octanol–water partition coefficient (Wildman–Crippen LogP) is 2.32. The highest BCUT2D eigenvalue weighted by Crippen LogP contribution is 2.42. The van der Waals surface area contributed by atoms with Gasteiger partial charge < -0.3 is 9.30 Å². The molecule has 2 aliphatic rings.